The summed E-state index contributed by atoms with van der Waals surface area (Å²) >= 11 is 0. The average Bonchev–Trinajstić information content (AvgIpc) is 3.10. The molecule has 1 aliphatic rings. The summed E-state index contributed by atoms with van der Waals surface area (Å²) in [5.74, 6) is -0.735. The molecule has 0 aromatic heterocycles. The zero-order valence-corrected chi connectivity index (χ0v) is 13.2. The van der Waals surface area contributed by atoms with Crippen LogP contribution in [0, 0.1) is 11.3 Å². The molecule has 1 aromatic rings. The Morgan fingerprint density at radius 2 is 1.87 bits per heavy atom. The molecule has 0 saturated carbocycles. The number of nitriles is 1. The monoisotopic (exact) mass is 312 g/mol. The zero-order valence-electron chi connectivity index (χ0n) is 13.2. The number of carbonyl (C=O) groups is 2. The van der Waals surface area contributed by atoms with Crippen molar-refractivity contribution in [3.8, 4) is 6.07 Å². The maximum Gasteiger partial charge on any atom is 0.310 e. The molecule has 0 N–H and O–H groups in total. The number of hydrogen-bond donors (Lipinski definition) is 0. The lowest BCUT2D eigenvalue weighted by Crippen LogP contribution is -2.29. The number of hydrogen-bond acceptors (Lipinski definition) is 4. The van der Waals surface area contributed by atoms with E-state index in [1.54, 1.807) is 24.0 Å². The highest BCUT2D eigenvalue weighted by Crippen LogP contribution is 2.25. The van der Waals surface area contributed by atoms with Crippen LogP contribution in [0.3, 0.4) is 0 Å². The minimum Gasteiger partial charge on any atom is -0.466 e. The number of esters is 1. The van der Waals surface area contributed by atoms with Gasteiger partial charge in [0, 0.05) is 13.1 Å². The average molecular weight is 312 g/mol. The summed E-state index contributed by atoms with van der Waals surface area (Å²) in [6.07, 6.45) is 1.81. The van der Waals surface area contributed by atoms with E-state index in [1.165, 1.54) is 0 Å². The Balaban J connectivity index is 2.41. The fraction of sp³-hybridized carbons (Fsp3) is 0.389. The van der Waals surface area contributed by atoms with Crippen molar-refractivity contribution in [2.45, 2.75) is 26.2 Å². The van der Waals surface area contributed by atoms with Crippen molar-refractivity contribution in [3.05, 3.63) is 41.5 Å². The van der Waals surface area contributed by atoms with Crippen LogP contribution in [0.4, 0.5) is 0 Å². The predicted octanol–water partition coefficient (Wildman–Crippen LogP) is 2.54. The maximum atomic E-state index is 12.6. The molecule has 23 heavy (non-hydrogen) atoms. The van der Waals surface area contributed by atoms with Gasteiger partial charge < -0.3 is 9.64 Å². The second-order valence-electron chi connectivity index (χ2n) is 5.31. The number of benzene rings is 1. The van der Waals surface area contributed by atoms with E-state index in [2.05, 4.69) is 0 Å². The standard InChI is InChI=1S/C18H20N2O3/c1-2-23-17(21)12-15(14-8-4-3-5-9-14)16(13-19)18(22)20-10-6-7-11-20/h3-5,8-9H,2,6-7,10-12H2,1H3. The number of amides is 1. The van der Waals surface area contributed by atoms with Gasteiger partial charge >= 0.3 is 5.97 Å². The molecule has 2 rings (SSSR count). The van der Waals surface area contributed by atoms with Crippen LogP contribution in [-0.4, -0.2) is 36.5 Å². The first-order valence-corrected chi connectivity index (χ1v) is 7.81. The van der Waals surface area contributed by atoms with Crippen molar-refractivity contribution in [1.82, 2.24) is 4.90 Å². The molecular formula is C18H20N2O3. The Labute approximate surface area is 136 Å². The Hall–Kier alpha value is -2.61. The van der Waals surface area contributed by atoms with E-state index in [9.17, 15) is 14.9 Å². The van der Waals surface area contributed by atoms with Gasteiger partial charge in [0.15, 0.2) is 0 Å². The molecular weight excluding hydrogens is 292 g/mol. The van der Waals surface area contributed by atoms with Gasteiger partial charge in [-0.3, -0.25) is 9.59 Å². The van der Waals surface area contributed by atoms with Crippen LogP contribution < -0.4 is 0 Å². The summed E-state index contributed by atoms with van der Waals surface area (Å²) in [6, 6.07) is 11.1. The SMILES string of the molecule is CCOC(=O)CC(=C(C#N)C(=O)N1CCCC1)c1ccccc1. The summed E-state index contributed by atoms with van der Waals surface area (Å²) in [5.41, 5.74) is 1.17. The normalized spacial score (nSPS) is 14.9. The first-order chi connectivity index (χ1) is 11.2. The van der Waals surface area contributed by atoms with Gasteiger partial charge in [-0.25, -0.2) is 0 Å². The smallest absolute Gasteiger partial charge is 0.310 e. The molecule has 1 saturated heterocycles. The molecule has 5 heteroatoms. The number of likely N-dealkylation sites (tertiary alicyclic amines) is 1. The highest BCUT2D eigenvalue weighted by atomic mass is 16.5. The summed E-state index contributed by atoms with van der Waals surface area (Å²) in [7, 11) is 0. The molecule has 1 aliphatic heterocycles. The van der Waals surface area contributed by atoms with Crippen molar-refractivity contribution in [2.75, 3.05) is 19.7 Å². The van der Waals surface area contributed by atoms with E-state index < -0.39 is 5.97 Å². The Bertz CT molecular complexity index is 638. The van der Waals surface area contributed by atoms with Crippen LogP contribution in [0.2, 0.25) is 0 Å². The first-order valence-electron chi connectivity index (χ1n) is 7.81. The number of ether oxygens (including phenoxy) is 1. The zero-order chi connectivity index (χ0) is 16.7. The molecule has 1 aromatic carbocycles. The van der Waals surface area contributed by atoms with E-state index in [-0.39, 0.29) is 24.5 Å². The van der Waals surface area contributed by atoms with Crippen molar-refractivity contribution in [1.29, 1.82) is 5.26 Å². The van der Waals surface area contributed by atoms with Crippen molar-refractivity contribution in [2.24, 2.45) is 0 Å². The summed E-state index contributed by atoms with van der Waals surface area (Å²) in [5, 5.41) is 9.52. The van der Waals surface area contributed by atoms with Gasteiger partial charge in [-0.1, -0.05) is 30.3 Å². The van der Waals surface area contributed by atoms with E-state index in [1.807, 2.05) is 24.3 Å². The van der Waals surface area contributed by atoms with Gasteiger partial charge in [-0.05, 0) is 30.9 Å². The van der Waals surface area contributed by atoms with E-state index in [0.29, 0.717) is 24.2 Å². The van der Waals surface area contributed by atoms with Crippen LogP contribution in [0.25, 0.3) is 5.57 Å². The Morgan fingerprint density at radius 3 is 2.43 bits per heavy atom. The molecule has 1 amide bonds. The topological polar surface area (TPSA) is 70.4 Å². The van der Waals surface area contributed by atoms with Gasteiger partial charge in [0.05, 0.1) is 13.0 Å². The highest BCUT2D eigenvalue weighted by molar-refractivity contribution is 6.07. The van der Waals surface area contributed by atoms with Crippen LogP contribution in [0.5, 0.6) is 0 Å². The molecule has 0 radical (unpaired) electrons. The fourth-order valence-corrected chi connectivity index (χ4v) is 2.65. The summed E-state index contributed by atoms with van der Waals surface area (Å²) in [4.78, 5) is 26.2. The van der Waals surface area contributed by atoms with Crippen LogP contribution in [0.1, 0.15) is 31.7 Å². The highest BCUT2D eigenvalue weighted by Gasteiger charge is 2.26. The number of rotatable bonds is 5. The van der Waals surface area contributed by atoms with Gasteiger partial charge in [0.25, 0.3) is 5.91 Å². The molecule has 0 spiro atoms. The predicted molar refractivity (Wildman–Crippen MR) is 86.0 cm³/mol. The van der Waals surface area contributed by atoms with E-state index >= 15 is 0 Å². The summed E-state index contributed by atoms with van der Waals surface area (Å²) in [6.45, 7) is 3.31. The van der Waals surface area contributed by atoms with Crippen LogP contribution >= 0.6 is 0 Å². The Morgan fingerprint density at radius 1 is 1.22 bits per heavy atom. The number of nitrogens with zero attached hydrogens (tertiary/aromatic N) is 2. The molecule has 5 nitrogen and oxygen atoms in total. The lowest BCUT2D eigenvalue weighted by Gasteiger charge is -2.17. The van der Waals surface area contributed by atoms with Gasteiger partial charge in [0.2, 0.25) is 0 Å². The second-order valence-corrected chi connectivity index (χ2v) is 5.31. The fourth-order valence-electron chi connectivity index (χ4n) is 2.65. The van der Waals surface area contributed by atoms with Gasteiger partial charge in [0.1, 0.15) is 11.6 Å². The third-order valence-electron chi connectivity index (χ3n) is 3.77. The van der Waals surface area contributed by atoms with E-state index in [4.69, 9.17) is 4.74 Å². The molecule has 1 heterocycles. The largest absolute Gasteiger partial charge is 0.466 e. The summed E-state index contributed by atoms with van der Waals surface area (Å²) < 4.78 is 4.99. The van der Waals surface area contributed by atoms with Crippen LogP contribution in [-0.2, 0) is 14.3 Å². The third-order valence-corrected chi connectivity index (χ3v) is 3.77. The van der Waals surface area contributed by atoms with E-state index in [0.717, 1.165) is 12.8 Å². The molecule has 0 aliphatic carbocycles. The quantitative estimate of drug-likeness (QED) is 0.476. The maximum absolute atomic E-state index is 12.6. The van der Waals surface area contributed by atoms with Crippen molar-refractivity contribution < 1.29 is 14.3 Å². The second kappa shape index (κ2) is 8.14. The first kappa shape index (κ1) is 16.8. The number of carbonyl (C=O) groups excluding carboxylic acids is 2. The molecule has 1 fully saturated rings. The third kappa shape index (κ3) is 4.19. The molecule has 0 unspecified atom stereocenters. The minimum atomic E-state index is -0.437. The molecule has 0 atom stereocenters. The van der Waals surface area contributed by atoms with Crippen LogP contribution in [0.15, 0.2) is 35.9 Å². The van der Waals surface area contributed by atoms with Gasteiger partial charge in [-0.2, -0.15) is 5.26 Å². The molecule has 0 bridgehead atoms. The minimum absolute atomic E-state index is 0.0335. The Kier molecular flexibility index (Phi) is 5.93. The van der Waals surface area contributed by atoms with Crippen molar-refractivity contribution >= 4 is 17.4 Å². The van der Waals surface area contributed by atoms with Crippen molar-refractivity contribution in [3.63, 3.8) is 0 Å². The lowest BCUT2D eigenvalue weighted by molar-refractivity contribution is -0.141. The lowest BCUT2D eigenvalue weighted by atomic mass is 9.96. The van der Waals surface area contributed by atoms with Gasteiger partial charge in [-0.15, -0.1) is 0 Å². The molecule has 120 valence electrons.